The van der Waals surface area contributed by atoms with Crippen LogP contribution in [0.25, 0.3) is 6.08 Å². The molecule has 0 saturated carbocycles. The van der Waals surface area contributed by atoms with Gasteiger partial charge in [0.1, 0.15) is 23.1 Å². The molecule has 0 heterocycles. The van der Waals surface area contributed by atoms with Gasteiger partial charge in [-0.05, 0) is 72.0 Å². The molecule has 2 rings (SSSR count). The van der Waals surface area contributed by atoms with Crippen molar-refractivity contribution in [2.45, 2.75) is 6.92 Å². The molecule has 0 bridgehead atoms. The average molecular weight is 513 g/mol. The lowest BCUT2D eigenvalue weighted by Gasteiger charge is -2.07. The fourth-order valence-corrected chi connectivity index (χ4v) is 3.55. The van der Waals surface area contributed by atoms with Crippen molar-refractivity contribution in [1.82, 2.24) is 0 Å². The Morgan fingerprint density at radius 3 is 2.68 bits per heavy atom. The Hall–Kier alpha value is -2.05. The van der Waals surface area contributed by atoms with E-state index in [-0.39, 0.29) is 11.3 Å². The van der Waals surface area contributed by atoms with E-state index < -0.39 is 5.91 Å². The van der Waals surface area contributed by atoms with Crippen LogP contribution in [0, 0.1) is 14.9 Å². The number of hydrogen-bond acceptors (Lipinski definition) is 4. The molecule has 5 nitrogen and oxygen atoms in total. The first-order chi connectivity index (χ1) is 11.9. The number of carbonyl (C=O) groups excluding carboxylic acids is 1. The van der Waals surface area contributed by atoms with Crippen LogP contribution < -0.4 is 10.1 Å². The molecule has 128 valence electrons. The number of carbonyl (C=O) groups is 1. The summed E-state index contributed by atoms with van der Waals surface area (Å²) in [5.41, 5.74) is 0.818. The zero-order chi connectivity index (χ0) is 18.4. The Bertz CT molecular complexity index is 858. The number of nitrogens with zero attached hydrogens (tertiary/aromatic N) is 1. The maximum Gasteiger partial charge on any atom is 0.266 e. The number of halogens is 2. The molecule has 0 saturated heterocycles. The molecular weight excluding hydrogens is 499 g/mol. The van der Waals surface area contributed by atoms with E-state index in [1.54, 1.807) is 36.4 Å². The van der Waals surface area contributed by atoms with Crippen molar-refractivity contribution >= 4 is 56.2 Å². The van der Waals surface area contributed by atoms with Crippen molar-refractivity contribution in [3.8, 4) is 17.6 Å². The van der Waals surface area contributed by atoms with Crippen LogP contribution in [0.4, 0.5) is 5.69 Å². The van der Waals surface area contributed by atoms with Gasteiger partial charge in [0.25, 0.3) is 5.91 Å². The zero-order valence-electron chi connectivity index (χ0n) is 13.2. The minimum absolute atomic E-state index is 0.0189. The van der Waals surface area contributed by atoms with Crippen LogP contribution in [0.1, 0.15) is 12.5 Å². The summed E-state index contributed by atoms with van der Waals surface area (Å²) in [6.45, 7) is 2.44. The van der Waals surface area contributed by atoms with Gasteiger partial charge in [-0.1, -0.05) is 15.9 Å². The molecule has 2 aromatic carbocycles. The lowest BCUT2D eigenvalue weighted by molar-refractivity contribution is -0.112. The number of phenols is 1. The summed E-state index contributed by atoms with van der Waals surface area (Å²) in [6.07, 6.45) is 1.35. The normalized spacial score (nSPS) is 10.9. The first-order valence-corrected chi connectivity index (χ1v) is 9.15. The Kier molecular flexibility index (Phi) is 6.84. The third-order valence-electron chi connectivity index (χ3n) is 3.15. The number of phenolic OH excluding ortho intramolecular Hbond substituents is 1. The first kappa shape index (κ1) is 19.3. The highest BCUT2D eigenvalue weighted by molar-refractivity contribution is 14.1. The third kappa shape index (κ3) is 5.21. The van der Waals surface area contributed by atoms with Gasteiger partial charge in [0, 0.05) is 15.7 Å². The second-order valence-corrected chi connectivity index (χ2v) is 6.98. The van der Waals surface area contributed by atoms with E-state index >= 15 is 0 Å². The molecule has 0 radical (unpaired) electrons. The molecule has 0 spiro atoms. The van der Waals surface area contributed by atoms with Gasteiger partial charge in [0.15, 0.2) is 0 Å². The highest BCUT2D eigenvalue weighted by Gasteiger charge is 2.12. The number of hydrogen-bond donors (Lipinski definition) is 2. The molecule has 0 aliphatic rings. The lowest BCUT2D eigenvalue weighted by Crippen LogP contribution is -2.13. The third-order valence-corrected chi connectivity index (χ3v) is 4.43. The standard InChI is InChI=1S/C18H14BrIN2O3/c1-2-25-15-5-3-14(4-6-15)22-18(24)12(10-21)7-11-8-13(19)9-16(20)17(11)23/h3-9,23H,2H2,1H3,(H,22,24)/b12-7+. The molecular formula is C18H14BrIN2O3. The van der Waals surface area contributed by atoms with Crippen molar-refractivity contribution in [3.63, 3.8) is 0 Å². The quantitative estimate of drug-likeness (QED) is 0.345. The van der Waals surface area contributed by atoms with Crippen molar-refractivity contribution in [2.24, 2.45) is 0 Å². The van der Waals surface area contributed by atoms with E-state index in [1.165, 1.54) is 6.08 Å². The van der Waals surface area contributed by atoms with Crippen LogP contribution in [0.3, 0.4) is 0 Å². The second-order valence-electron chi connectivity index (χ2n) is 4.91. The molecule has 0 aliphatic heterocycles. The molecule has 0 aliphatic carbocycles. The largest absolute Gasteiger partial charge is 0.506 e. The van der Waals surface area contributed by atoms with Crippen molar-refractivity contribution < 1.29 is 14.6 Å². The summed E-state index contributed by atoms with van der Waals surface area (Å²) in [7, 11) is 0. The fourth-order valence-electron chi connectivity index (χ4n) is 2.00. The maximum absolute atomic E-state index is 12.3. The van der Waals surface area contributed by atoms with E-state index in [0.29, 0.717) is 27.2 Å². The number of amides is 1. The van der Waals surface area contributed by atoms with Gasteiger partial charge in [-0.25, -0.2) is 0 Å². The molecule has 7 heteroatoms. The van der Waals surface area contributed by atoms with E-state index in [4.69, 9.17) is 4.74 Å². The van der Waals surface area contributed by atoms with Crippen LogP contribution in [0.15, 0.2) is 46.4 Å². The number of nitriles is 1. The molecule has 2 N–H and O–H groups in total. The van der Waals surface area contributed by atoms with Gasteiger partial charge in [0.05, 0.1) is 10.2 Å². The summed E-state index contributed by atoms with van der Waals surface area (Å²) >= 11 is 5.30. The number of aromatic hydroxyl groups is 1. The monoisotopic (exact) mass is 512 g/mol. The SMILES string of the molecule is CCOc1ccc(NC(=O)/C(C#N)=C/c2cc(Br)cc(I)c2O)cc1. The Morgan fingerprint density at radius 2 is 2.08 bits per heavy atom. The Balaban J connectivity index is 2.23. The van der Waals surface area contributed by atoms with Gasteiger partial charge in [-0.2, -0.15) is 5.26 Å². The van der Waals surface area contributed by atoms with Crippen molar-refractivity contribution in [2.75, 3.05) is 11.9 Å². The maximum atomic E-state index is 12.3. The molecule has 0 atom stereocenters. The van der Waals surface area contributed by atoms with E-state index in [0.717, 1.165) is 4.47 Å². The minimum atomic E-state index is -0.555. The summed E-state index contributed by atoms with van der Waals surface area (Å²) in [6, 6.07) is 12.1. The predicted molar refractivity (Wildman–Crippen MR) is 108 cm³/mol. The highest BCUT2D eigenvalue weighted by atomic mass is 127. The summed E-state index contributed by atoms with van der Waals surface area (Å²) in [5.74, 6) is 0.164. The average Bonchev–Trinajstić information content (AvgIpc) is 2.58. The van der Waals surface area contributed by atoms with Crippen LogP contribution in [0.2, 0.25) is 0 Å². The van der Waals surface area contributed by atoms with Gasteiger partial charge in [-0.3, -0.25) is 4.79 Å². The highest BCUT2D eigenvalue weighted by Crippen LogP contribution is 2.30. The minimum Gasteiger partial charge on any atom is -0.506 e. The number of anilines is 1. The van der Waals surface area contributed by atoms with E-state index in [1.807, 2.05) is 35.6 Å². The number of rotatable bonds is 5. The smallest absolute Gasteiger partial charge is 0.266 e. The summed E-state index contributed by atoms with van der Waals surface area (Å²) < 4.78 is 6.69. The van der Waals surface area contributed by atoms with Gasteiger partial charge in [0.2, 0.25) is 0 Å². The van der Waals surface area contributed by atoms with Crippen LogP contribution in [0.5, 0.6) is 11.5 Å². The van der Waals surface area contributed by atoms with Crippen molar-refractivity contribution in [3.05, 3.63) is 55.6 Å². The van der Waals surface area contributed by atoms with Crippen LogP contribution in [-0.2, 0) is 4.79 Å². The van der Waals surface area contributed by atoms with Crippen molar-refractivity contribution in [1.29, 1.82) is 5.26 Å². The number of nitrogens with one attached hydrogen (secondary N) is 1. The Labute approximate surface area is 167 Å². The van der Waals surface area contributed by atoms with Gasteiger partial charge in [-0.15, -0.1) is 0 Å². The molecule has 0 aromatic heterocycles. The van der Waals surface area contributed by atoms with Gasteiger partial charge >= 0.3 is 0 Å². The predicted octanol–water partition coefficient (Wildman–Crippen LogP) is 4.70. The van der Waals surface area contributed by atoms with Gasteiger partial charge < -0.3 is 15.2 Å². The topological polar surface area (TPSA) is 82.3 Å². The number of benzene rings is 2. The molecule has 25 heavy (non-hydrogen) atoms. The number of ether oxygens (including phenoxy) is 1. The van der Waals surface area contributed by atoms with Crippen LogP contribution in [-0.4, -0.2) is 17.6 Å². The molecule has 1 amide bonds. The lowest BCUT2D eigenvalue weighted by atomic mass is 10.1. The van der Waals surface area contributed by atoms with Crippen LogP contribution >= 0.6 is 38.5 Å². The summed E-state index contributed by atoms with van der Waals surface area (Å²) in [5, 5.41) is 22.0. The van der Waals surface area contributed by atoms with E-state index in [2.05, 4.69) is 21.2 Å². The molecule has 0 unspecified atom stereocenters. The van der Waals surface area contributed by atoms with E-state index in [9.17, 15) is 15.2 Å². The molecule has 0 fully saturated rings. The Morgan fingerprint density at radius 1 is 1.40 bits per heavy atom. The fraction of sp³-hybridized carbons (Fsp3) is 0.111. The first-order valence-electron chi connectivity index (χ1n) is 7.28. The second kappa shape index (κ2) is 8.87. The zero-order valence-corrected chi connectivity index (χ0v) is 17.0. The molecule has 2 aromatic rings. The summed E-state index contributed by atoms with van der Waals surface area (Å²) in [4.78, 5) is 12.3.